The molecule has 240 valence electrons. The van der Waals surface area contributed by atoms with E-state index in [9.17, 15) is 14.7 Å². The fourth-order valence-corrected chi connectivity index (χ4v) is 12.4. The first-order chi connectivity index (χ1) is 17.5. The Morgan fingerprint density at radius 1 is 0.450 bits per heavy atom. The van der Waals surface area contributed by atoms with Crippen molar-refractivity contribution in [1.29, 1.82) is 0 Å². The van der Waals surface area contributed by atoms with Crippen LogP contribution in [0.5, 0.6) is 0 Å². The van der Waals surface area contributed by atoms with Gasteiger partial charge in [-0.05, 0) is 35.5 Å². The van der Waals surface area contributed by atoms with Gasteiger partial charge in [0, 0.05) is 34.3 Å². The Morgan fingerprint density at radius 2 is 0.625 bits per heavy atom. The van der Waals surface area contributed by atoms with Crippen LogP contribution in [-0.2, 0) is 49.0 Å². The van der Waals surface area contributed by atoms with Crippen molar-refractivity contribution in [2.24, 2.45) is 35.5 Å². The van der Waals surface area contributed by atoms with Crippen LogP contribution >= 0.6 is 51.2 Å². The molecule has 0 saturated heterocycles. The van der Waals surface area contributed by atoms with E-state index in [0.29, 0.717) is 55.3 Å². The zero-order chi connectivity index (χ0) is 31.4. The average molecular weight is 751 g/mol. The molecule has 3 atom stereocenters. The molecule has 0 aliphatic heterocycles. The van der Waals surface area contributed by atoms with E-state index in [1.165, 1.54) is 34.1 Å². The summed E-state index contributed by atoms with van der Waals surface area (Å²) in [5.41, 5.74) is -8.40. The molecular formula is C24H54AlO6P3S6. The Hall–Kier alpha value is 3.29. The van der Waals surface area contributed by atoms with Crippen LogP contribution in [-0.4, -0.2) is 54.4 Å². The Labute approximate surface area is 285 Å². The first kappa shape index (κ1) is 50.2. The second-order valence-corrected chi connectivity index (χ2v) is 29.8. The van der Waals surface area contributed by atoms with Gasteiger partial charge in [0.15, 0.2) is 0 Å². The summed E-state index contributed by atoms with van der Waals surface area (Å²) in [6.45, 7) is 26.0. The second-order valence-electron chi connectivity index (χ2n) is 11.5. The standard InChI is InChI=1S/3C8H19O2PS2.Al/c3*1-7(2)5-10-11(9,12)13-6-8(3)4;/h3*7-8H,5-6H2,1-4H3,(H,9,12);/q;;;+3/p-3. The zero-order valence-corrected chi connectivity index (χ0v) is 35.3. The van der Waals surface area contributed by atoms with Crippen molar-refractivity contribution in [1.82, 2.24) is 0 Å². The average Bonchev–Trinajstić information content (AvgIpc) is 2.78. The molecule has 0 aliphatic rings. The van der Waals surface area contributed by atoms with Gasteiger partial charge in [-0.25, -0.2) is 0 Å². The Balaban J connectivity index is -0.000000240. The molecule has 6 nitrogen and oxygen atoms in total. The first-order valence-corrected chi connectivity index (χ1v) is 26.0. The van der Waals surface area contributed by atoms with Gasteiger partial charge in [-0.15, -0.1) is 34.1 Å². The van der Waals surface area contributed by atoms with E-state index >= 15 is 0 Å². The van der Waals surface area contributed by atoms with Crippen LogP contribution in [0.15, 0.2) is 0 Å². The van der Waals surface area contributed by atoms with Crippen LogP contribution in [0.3, 0.4) is 0 Å². The van der Waals surface area contributed by atoms with Crippen LogP contribution in [0.4, 0.5) is 0 Å². The van der Waals surface area contributed by atoms with E-state index in [1.54, 1.807) is 0 Å². The third-order valence-corrected chi connectivity index (χ3v) is 17.1. The molecule has 0 bridgehead atoms. The molecule has 0 rings (SSSR count). The molecule has 0 aromatic carbocycles. The summed E-state index contributed by atoms with van der Waals surface area (Å²) in [7, 11) is 0. The van der Waals surface area contributed by atoms with Gasteiger partial charge in [0.05, 0.1) is 19.8 Å². The summed E-state index contributed by atoms with van der Waals surface area (Å²) < 4.78 is 15.5. The minimum absolute atomic E-state index is 0. The zero-order valence-electron chi connectivity index (χ0n) is 26.5. The van der Waals surface area contributed by atoms with Gasteiger partial charge >= 0.3 is 17.4 Å². The number of hydrogen-bond acceptors (Lipinski definition) is 12. The summed E-state index contributed by atoms with van der Waals surface area (Å²) in [4.78, 5) is 34.7. The number of hydrogen-bond donors (Lipinski definition) is 0. The summed E-state index contributed by atoms with van der Waals surface area (Å²) in [6, 6.07) is 0. The van der Waals surface area contributed by atoms with Crippen molar-refractivity contribution in [2.45, 2.75) is 83.1 Å². The fraction of sp³-hybridized carbons (Fsp3) is 1.00. The maximum atomic E-state index is 11.6. The second kappa shape index (κ2) is 27.4. The maximum Gasteiger partial charge on any atom is 3.00 e. The van der Waals surface area contributed by atoms with Crippen molar-refractivity contribution < 1.29 is 28.3 Å². The van der Waals surface area contributed by atoms with Crippen molar-refractivity contribution in [3.63, 3.8) is 0 Å². The molecule has 0 N–H and O–H groups in total. The van der Waals surface area contributed by atoms with E-state index in [1.807, 2.05) is 41.5 Å². The van der Waals surface area contributed by atoms with E-state index in [4.69, 9.17) is 49.0 Å². The number of rotatable bonds is 18. The van der Waals surface area contributed by atoms with Gasteiger partial charge in [-0.1, -0.05) is 119 Å². The maximum absolute atomic E-state index is 11.6. The van der Waals surface area contributed by atoms with E-state index < -0.39 is 17.1 Å². The van der Waals surface area contributed by atoms with Gasteiger partial charge in [0.1, 0.15) is 0 Å². The molecule has 0 saturated carbocycles. The molecule has 0 radical (unpaired) electrons. The van der Waals surface area contributed by atoms with Crippen molar-refractivity contribution in [2.75, 3.05) is 37.1 Å². The Morgan fingerprint density at radius 3 is 0.750 bits per heavy atom. The molecule has 0 aromatic heterocycles. The summed E-state index contributed by atoms with van der Waals surface area (Å²) in [6.07, 6.45) is 0. The third kappa shape index (κ3) is 43.4. The molecule has 0 amide bonds. The quantitative estimate of drug-likeness (QED) is 0.102. The minimum Gasteiger partial charge on any atom is -0.793 e. The van der Waals surface area contributed by atoms with Crippen molar-refractivity contribution >= 4 is 104 Å². The molecule has 0 aromatic rings. The van der Waals surface area contributed by atoms with Crippen LogP contribution in [0, 0.1) is 35.5 Å². The van der Waals surface area contributed by atoms with E-state index in [2.05, 4.69) is 41.5 Å². The summed E-state index contributed by atoms with van der Waals surface area (Å²) >= 11 is 18.5. The SMILES string of the molecule is CC(C)COP([O-])(=S)SCC(C)C.CC(C)COP([O-])(=S)SCC(C)C.CC(C)COP([O-])(=S)SCC(C)C.[Al+3]. The first-order valence-electron chi connectivity index (χ1n) is 13.3. The molecule has 0 aliphatic carbocycles. The van der Waals surface area contributed by atoms with Crippen LogP contribution in [0.1, 0.15) is 83.1 Å². The largest absolute Gasteiger partial charge is 3.00 e. The van der Waals surface area contributed by atoms with Gasteiger partial charge in [0.25, 0.3) is 0 Å². The van der Waals surface area contributed by atoms with Gasteiger partial charge in [-0.2, -0.15) is 0 Å². The Bertz CT molecular complexity index is 603. The summed E-state index contributed by atoms with van der Waals surface area (Å²) in [5, 5.41) is 0. The molecule has 0 heterocycles. The van der Waals surface area contributed by atoms with E-state index in [0.717, 1.165) is 17.3 Å². The molecule has 3 unspecified atom stereocenters. The molecular weight excluding hydrogens is 697 g/mol. The fourth-order valence-electron chi connectivity index (χ4n) is 1.55. The smallest absolute Gasteiger partial charge is 0.793 e. The topological polar surface area (TPSA) is 96.9 Å². The van der Waals surface area contributed by atoms with Crippen LogP contribution in [0.25, 0.3) is 0 Å². The summed E-state index contributed by atoms with van der Waals surface area (Å²) in [5.74, 6) is 5.08. The van der Waals surface area contributed by atoms with E-state index in [-0.39, 0.29) is 17.4 Å². The Kier molecular flexibility index (Phi) is 34.4. The predicted molar refractivity (Wildman–Crippen MR) is 193 cm³/mol. The van der Waals surface area contributed by atoms with Crippen LogP contribution < -0.4 is 14.7 Å². The van der Waals surface area contributed by atoms with Crippen molar-refractivity contribution in [3.8, 4) is 0 Å². The monoisotopic (exact) mass is 750 g/mol. The van der Waals surface area contributed by atoms with Gasteiger partial charge in [0.2, 0.25) is 0 Å². The van der Waals surface area contributed by atoms with Gasteiger partial charge in [-0.3, -0.25) is 0 Å². The van der Waals surface area contributed by atoms with Crippen molar-refractivity contribution in [3.05, 3.63) is 0 Å². The normalized spacial score (nSPS) is 16.1. The third-order valence-electron chi connectivity index (χ3n) is 3.40. The minimum atomic E-state index is -2.80. The van der Waals surface area contributed by atoms with Gasteiger partial charge < -0.3 is 28.3 Å². The molecule has 40 heavy (non-hydrogen) atoms. The molecule has 0 spiro atoms. The molecule has 0 fully saturated rings. The predicted octanol–water partition coefficient (Wildman–Crippen LogP) is 7.52. The van der Waals surface area contributed by atoms with Crippen LogP contribution in [0.2, 0.25) is 0 Å². The molecule has 16 heteroatoms.